The van der Waals surface area contributed by atoms with Crippen LogP contribution in [0, 0.1) is 17.5 Å². The molecule has 8 heteroatoms. The summed E-state index contributed by atoms with van der Waals surface area (Å²) in [6.07, 6.45) is 0. The van der Waals surface area contributed by atoms with Crippen molar-refractivity contribution in [2.24, 2.45) is 0 Å². The molecule has 0 fully saturated rings. The minimum absolute atomic E-state index is 0.0713. The molecule has 0 aliphatic heterocycles. The maximum Gasteiger partial charge on any atom is 0.341 e. The highest BCUT2D eigenvalue weighted by Crippen LogP contribution is 2.18. The number of hydrogen-bond acceptors (Lipinski definition) is 3. The molecule has 0 saturated heterocycles. The van der Waals surface area contributed by atoms with Crippen LogP contribution in [0.25, 0.3) is 0 Å². The molecule has 0 aliphatic rings. The van der Waals surface area contributed by atoms with E-state index in [0.717, 1.165) is 18.2 Å². The van der Waals surface area contributed by atoms with Crippen LogP contribution in [-0.2, 0) is 9.53 Å². The van der Waals surface area contributed by atoms with E-state index >= 15 is 0 Å². The number of carbonyl (C=O) groups is 2. The van der Waals surface area contributed by atoms with Crippen molar-refractivity contribution in [1.29, 1.82) is 0 Å². The number of nitrogens with one attached hydrogen (secondary N) is 1. The van der Waals surface area contributed by atoms with Crippen LogP contribution >= 0.6 is 11.6 Å². The number of rotatable bonds is 5. The van der Waals surface area contributed by atoms with Crippen molar-refractivity contribution < 1.29 is 27.5 Å². The fourth-order valence-electron chi connectivity index (χ4n) is 2.08. The van der Waals surface area contributed by atoms with E-state index in [1.54, 1.807) is 0 Å². The number of halogens is 4. The van der Waals surface area contributed by atoms with Crippen molar-refractivity contribution in [2.45, 2.75) is 13.0 Å². The van der Waals surface area contributed by atoms with Gasteiger partial charge in [-0.1, -0.05) is 17.7 Å². The first-order valence-corrected chi connectivity index (χ1v) is 7.52. The van der Waals surface area contributed by atoms with Crippen LogP contribution in [0.1, 0.15) is 28.9 Å². The molecular weight excluding hydrogens is 359 g/mol. The molecule has 2 aromatic carbocycles. The second kappa shape index (κ2) is 8.02. The fourth-order valence-corrected chi connectivity index (χ4v) is 2.25. The minimum atomic E-state index is -1.06. The number of amides is 1. The van der Waals surface area contributed by atoms with Crippen molar-refractivity contribution in [3.8, 4) is 0 Å². The van der Waals surface area contributed by atoms with Crippen LogP contribution in [0.2, 0.25) is 5.02 Å². The molecule has 2 rings (SSSR count). The highest BCUT2D eigenvalue weighted by atomic mass is 35.5. The Morgan fingerprint density at radius 1 is 1.12 bits per heavy atom. The number of benzene rings is 2. The third-order valence-electron chi connectivity index (χ3n) is 3.29. The lowest BCUT2D eigenvalue weighted by atomic mass is 10.1. The number of hydrogen-bond donors (Lipinski definition) is 1. The first-order chi connectivity index (χ1) is 11.8. The van der Waals surface area contributed by atoms with E-state index in [0.29, 0.717) is 6.07 Å². The lowest BCUT2D eigenvalue weighted by Crippen LogP contribution is -2.31. The number of ether oxygens (including phenoxy) is 1. The maximum atomic E-state index is 13.6. The lowest BCUT2D eigenvalue weighted by Gasteiger charge is -2.15. The summed E-state index contributed by atoms with van der Waals surface area (Å²) < 4.78 is 44.7. The Morgan fingerprint density at radius 3 is 2.52 bits per heavy atom. The summed E-state index contributed by atoms with van der Waals surface area (Å²) in [6.45, 7) is 0.782. The van der Waals surface area contributed by atoms with Gasteiger partial charge in [-0.2, -0.15) is 0 Å². The molecule has 0 bridgehead atoms. The largest absolute Gasteiger partial charge is 0.452 e. The van der Waals surface area contributed by atoms with Crippen molar-refractivity contribution in [3.63, 3.8) is 0 Å². The fraction of sp³-hybridized carbons (Fsp3) is 0.176. The summed E-state index contributed by atoms with van der Waals surface area (Å²) in [7, 11) is 0. The molecule has 132 valence electrons. The monoisotopic (exact) mass is 371 g/mol. The van der Waals surface area contributed by atoms with Crippen LogP contribution in [-0.4, -0.2) is 18.5 Å². The van der Waals surface area contributed by atoms with Crippen molar-refractivity contribution in [1.82, 2.24) is 5.32 Å². The lowest BCUT2D eigenvalue weighted by molar-refractivity contribution is -0.124. The SMILES string of the molecule is C[C@H](NC(=O)COC(=O)c1cc(Cl)ccc1F)c1ccc(F)cc1F. The zero-order valence-corrected chi connectivity index (χ0v) is 13.7. The zero-order valence-electron chi connectivity index (χ0n) is 13.0. The van der Waals surface area contributed by atoms with Crippen molar-refractivity contribution in [3.05, 3.63) is 70.0 Å². The van der Waals surface area contributed by atoms with E-state index in [9.17, 15) is 22.8 Å². The van der Waals surface area contributed by atoms with Gasteiger partial charge in [0.05, 0.1) is 11.6 Å². The van der Waals surface area contributed by atoms with Gasteiger partial charge in [0, 0.05) is 16.7 Å². The Labute approximate surface area is 146 Å². The van der Waals surface area contributed by atoms with E-state index in [-0.39, 0.29) is 10.6 Å². The third-order valence-corrected chi connectivity index (χ3v) is 3.52. The Bertz CT molecular complexity index is 814. The molecule has 0 saturated carbocycles. The molecule has 0 spiro atoms. The van der Waals surface area contributed by atoms with Crippen molar-refractivity contribution >= 4 is 23.5 Å². The summed E-state index contributed by atoms with van der Waals surface area (Å²) in [6, 6.07) is 5.51. The summed E-state index contributed by atoms with van der Waals surface area (Å²) in [4.78, 5) is 23.6. The Morgan fingerprint density at radius 2 is 1.84 bits per heavy atom. The molecule has 25 heavy (non-hydrogen) atoms. The van der Waals surface area contributed by atoms with E-state index in [1.165, 1.54) is 19.1 Å². The molecule has 0 unspecified atom stereocenters. The van der Waals surface area contributed by atoms with Crippen LogP contribution < -0.4 is 5.32 Å². The van der Waals surface area contributed by atoms with Gasteiger partial charge in [-0.05, 0) is 31.2 Å². The molecule has 0 aliphatic carbocycles. The topological polar surface area (TPSA) is 55.4 Å². The van der Waals surface area contributed by atoms with Crippen molar-refractivity contribution in [2.75, 3.05) is 6.61 Å². The van der Waals surface area contributed by atoms with Gasteiger partial charge in [-0.3, -0.25) is 4.79 Å². The predicted octanol–water partition coefficient (Wildman–Crippen LogP) is 3.79. The number of carbonyl (C=O) groups excluding carboxylic acids is 2. The average Bonchev–Trinajstić information content (AvgIpc) is 2.54. The highest BCUT2D eigenvalue weighted by molar-refractivity contribution is 6.30. The van der Waals surface area contributed by atoms with Crippen LogP contribution in [0.4, 0.5) is 13.2 Å². The molecule has 0 radical (unpaired) electrons. The molecule has 0 heterocycles. The molecule has 2 aromatic rings. The van der Waals surface area contributed by atoms with Crippen LogP contribution in [0.15, 0.2) is 36.4 Å². The summed E-state index contributed by atoms with van der Waals surface area (Å²) in [5, 5.41) is 2.53. The van der Waals surface area contributed by atoms with Gasteiger partial charge in [0.2, 0.25) is 0 Å². The summed E-state index contributed by atoms with van der Waals surface area (Å²) >= 11 is 5.67. The first kappa shape index (κ1) is 18.8. The van der Waals surface area contributed by atoms with Gasteiger partial charge in [-0.25, -0.2) is 18.0 Å². The molecular formula is C17H13ClF3NO3. The minimum Gasteiger partial charge on any atom is -0.452 e. The smallest absolute Gasteiger partial charge is 0.341 e. The number of esters is 1. The molecule has 1 amide bonds. The van der Waals surface area contributed by atoms with Gasteiger partial charge < -0.3 is 10.1 Å². The third kappa shape index (κ3) is 4.96. The van der Waals surface area contributed by atoms with Gasteiger partial charge in [0.1, 0.15) is 17.5 Å². The maximum absolute atomic E-state index is 13.6. The highest BCUT2D eigenvalue weighted by Gasteiger charge is 2.18. The standard InChI is InChI=1S/C17H13ClF3NO3/c1-9(12-4-3-11(19)7-15(12)21)22-16(23)8-25-17(24)13-6-10(18)2-5-14(13)20/h2-7,9H,8H2,1H3,(H,22,23)/t9-/m0/s1. The van der Waals surface area contributed by atoms with Crippen LogP contribution in [0.5, 0.6) is 0 Å². The first-order valence-electron chi connectivity index (χ1n) is 7.14. The van der Waals surface area contributed by atoms with Gasteiger partial charge in [0.25, 0.3) is 5.91 Å². The van der Waals surface area contributed by atoms with E-state index in [1.807, 2.05) is 0 Å². The Kier molecular flexibility index (Phi) is 6.03. The quantitative estimate of drug-likeness (QED) is 0.813. The molecule has 0 aromatic heterocycles. The van der Waals surface area contributed by atoms with Crippen LogP contribution in [0.3, 0.4) is 0 Å². The van der Waals surface area contributed by atoms with Gasteiger partial charge >= 0.3 is 5.97 Å². The second-order valence-electron chi connectivity index (χ2n) is 5.16. The Balaban J connectivity index is 1.94. The second-order valence-corrected chi connectivity index (χ2v) is 5.59. The summed E-state index contributed by atoms with van der Waals surface area (Å²) in [5.41, 5.74) is -0.333. The Hall–Kier alpha value is -2.54. The summed E-state index contributed by atoms with van der Waals surface area (Å²) in [5.74, 6) is -4.18. The normalized spacial score (nSPS) is 11.7. The molecule has 1 atom stereocenters. The van der Waals surface area contributed by atoms with Gasteiger partial charge in [0.15, 0.2) is 6.61 Å². The van der Waals surface area contributed by atoms with E-state index in [4.69, 9.17) is 16.3 Å². The predicted molar refractivity (Wildman–Crippen MR) is 84.6 cm³/mol. The van der Waals surface area contributed by atoms with E-state index < -0.39 is 47.5 Å². The van der Waals surface area contributed by atoms with E-state index in [2.05, 4.69) is 5.32 Å². The molecule has 4 nitrogen and oxygen atoms in total. The average molecular weight is 372 g/mol. The zero-order chi connectivity index (χ0) is 18.6. The molecule has 1 N–H and O–H groups in total. The van der Waals surface area contributed by atoms with Gasteiger partial charge in [-0.15, -0.1) is 0 Å².